The number of alkyl halides is 3. The molecule has 3 fully saturated rings. The molecule has 3 saturated carbocycles. The molecule has 19 heteroatoms. The summed E-state index contributed by atoms with van der Waals surface area (Å²) < 4.78 is 0. The van der Waals surface area contributed by atoms with Crippen LogP contribution in [0.15, 0.2) is 91.0 Å². The van der Waals surface area contributed by atoms with Crippen LogP contribution in [0.2, 0.25) is 0 Å². The van der Waals surface area contributed by atoms with Gasteiger partial charge in [0.05, 0.1) is 23.2 Å². The van der Waals surface area contributed by atoms with Gasteiger partial charge in [-0.15, -0.1) is 34.8 Å². The average Bonchev–Trinajstić information content (AvgIpc) is 4.25. The third-order valence-electron chi connectivity index (χ3n) is 17.5. The number of phenolic OH excluding ortho intramolecular Hbond substituents is 3. The lowest BCUT2D eigenvalue weighted by atomic mass is 9.80. The second kappa shape index (κ2) is 26.7. The number of hydrogen-bond donors (Lipinski definition) is 6. The summed E-state index contributed by atoms with van der Waals surface area (Å²) in [6, 6.07) is 28.4. The minimum absolute atomic E-state index is 0.0138. The molecule has 434 valence electrons. The van der Waals surface area contributed by atoms with E-state index in [1.807, 2.05) is 72.8 Å². The topological polar surface area (TPSA) is 222 Å². The molecule has 3 aliphatic heterocycles. The molecular weight excluding hydrogens is 1150 g/mol. The zero-order valence-electron chi connectivity index (χ0n) is 45.1. The number of amides is 2. The van der Waals surface area contributed by atoms with Crippen LogP contribution in [0.5, 0.6) is 17.2 Å². The second-order valence-electron chi connectivity index (χ2n) is 22.4. The van der Waals surface area contributed by atoms with Crippen molar-refractivity contribution in [3.05, 3.63) is 108 Å². The molecule has 0 unspecified atom stereocenters. The zero-order chi connectivity index (χ0) is 58.5. The van der Waals surface area contributed by atoms with Gasteiger partial charge < -0.3 is 40.6 Å². The summed E-state index contributed by atoms with van der Waals surface area (Å²) in [6.07, 6.45) is 7.92. The first-order valence-electron chi connectivity index (χ1n) is 28.1. The van der Waals surface area contributed by atoms with Crippen molar-refractivity contribution in [1.82, 2.24) is 0 Å². The fourth-order valence-electron chi connectivity index (χ4n) is 13.3. The molecule has 0 radical (unpaired) electrons. The molecule has 3 aliphatic carbocycles. The van der Waals surface area contributed by atoms with Crippen molar-refractivity contribution in [2.75, 3.05) is 52.4 Å². The Kier molecular flexibility index (Phi) is 19.7. The maximum absolute atomic E-state index is 14.1. The Morgan fingerprint density at radius 1 is 0.451 bits per heavy atom. The molecule has 9 atom stereocenters. The highest BCUT2D eigenvalue weighted by molar-refractivity contribution is 6.65. The van der Waals surface area contributed by atoms with Crippen LogP contribution in [0.3, 0.4) is 0 Å². The van der Waals surface area contributed by atoms with E-state index in [2.05, 4.69) is 5.32 Å². The highest BCUT2D eigenvalue weighted by atomic mass is 35.5. The Balaban J connectivity index is 0.000000163. The normalized spacial score (nSPS) is 24.3. The SMILES string of the molecule is O=C(Cl)[C@@H]1CCC[C@H](C(=O)Cl)C1.O=C(O)[C@@H]1CCC[C@H](C(=O)O)C1.O=C([C@@H]1CCC[C@H](C(=O)N2C[C@@H](CCl)c3c2cc(O)c2ccccc32)C1)N1C[C@@H](CCl)c2c1cc(O)c1ccccc21.Oc1cc2c(c3ccccc13)[C@H](CCl)CN2. The number of carboxylic acids is 2. The smallest absolute Gasteiger partial charge is 0.306 e. The van der Waals surface area contributed by atoms with E-state index in [4.69, 9.17) is 68.2 Å². The van der Waals surface area contributed by atoms with E-state index in [0.717, 1.165) is 92.7 Å². The van der Waals surface area contributed by atoms with Gasteiger partial charge in [0, 0.05) is 119 Å². The quantitative estimate of drug-likeness (QED) is 0.0588. The highest BCUT2D eigenvalue weighted by Gasteiger charge is 2.43. The Bertz CT molecular complexity index is 3210. The summed E-state index contributed by atoms with van der Waals surface area (Å²) in [5, 5.41) is 56.8. The first-order valence-corrected chi connectivity index (χ1v) is 30.4. The van der Waals surface area contributed by atoms with E-state index in [0.29, 0.717) is 93.8 Å². The maximum atomic E-state index is 14.1. The Hall–Kier alpha value is -6.03. The molecule has 12 rings (SSSR count). The molecule has 0 saturated heterocycles. The number of carbonyl (C=O) groups excluding carboxylic acids is 4. The monoisotopic (exact) mass is 1220 g/mol. The first-order chi connectivity index (χ1) is 39.4. The average molecular weight is 1220 g/mol. The summed E-state index contributed by atoms with van der Waals surface area (Å²) in [4.78, 5) is 74.3. The molecule has 6 aliphatic rings. The molecule has 2 amide bonds. The number of anilines is 3. The number of benzene rings is 6. The molecule has 14 nitrogen and oxygen atoms in total. The number of carbonyl (C=O) groups is 6. The molecule has 0 spiro atoms. The summed E-state index contributed by atoms with van der Waals surface area (Å²) in [7, 11) is 0. The van der Waals surface area contributed by atoms with Gasteiger partial charge in [-0.3, -0.25) is 28.8 Å². The maximum Gasteiger partial charge on any atom is 0.306 e. The van der Waals surface area contributed by atoms with Crippen LogP contribution in [0.25, 0.3) is 32.3 Å². The Morgan fingerprint density at radius 2 is 0.780 bits per heavy atom. The van der Waals surface area contributed by atoms with Gasteiger partial charge in [0.2, 0.25) is 22.3 Å². The predicted octanol–water partition coefficient (Wildman–Crippen LogP) is 13.8. The van der Waals surface area contributed by atoms with Crippen molar-refractivity contribution in [3.63, 3.8) is 0 Å². The zero-order valence-corrected chi connectivity index (χ0v) is 48.8. The summed E-state index contributed by atoms with van der Waals surface area (Å²) in [6.45, 7) is 1.78. The number of halogens is 5. The van der Waals surface area contributed by atoms with Crippen LogP contribution in [0.4, 0.5) is 17.1 Å². The summed E-state index contributed by atoms with van der Waals surface area (Å²) >= 11 is 29.4. The van der Waals surface area contributed by atoms with E-state index in [1.165, 1.54) is 5.56 Å². The third kappa shape index (κ3) is 12.7. The van der Waals surface area contributed by atoms with Crippen molar-refractivity contribution in [3.8, 4) is 17.2 Å². The minimum atomic E-state index is -0.860. The lowest BCUT2D eigenvalue weighted by Gasteiger charge is -2.33. The van der Waals surface area contributed by atoms with Crippen LogP contribution in [0, 0.1) is 35.5 Å². The number of nitrogens with zero attached hydrogens (tertiary/aromatic N) is 2. The molecule has 6 aromatic carbocycles. The van der Waals surface area contributed by atoms with Crippen molar-refractivity contribution in [2.24, 2.45) is 35.5 Å². The number of fused-ring (bicyclic) bond motifs is 9. The van der Waals surface area contributed by atoms with Crippen LogP contribution in [-0.2, 0) is 28.8 Å². The van der Waals surface area contributed by atoms with Gasteiger partial charge >= 0.3 is 11.9 Å². The van der Waals surface area contributed by atoms with Crippen molar-refractivity contribution in [1.29, 1.82) is 0 Å². The predicted molar refractivity (Wildman–Crippen MR) is 324 cm³/mol. The number of rotatable bonds is 9. The molecule has 0 bridgehead atoms. The van der Waals surface area contributed by atoms with Crippen LogP contribution < -0.4 is 15.1 Å². The van der Waals surface area contributed by atoms with Crippen LogP contribution in [0.1, 0.15) is 111 Å². The van der Waals surface area contributed by atoms with Gasteiger partial charge in [0.1, 0.15) is 17.2 Å². The van der Waals surface area contributed by atoms with E-state index in [1.54, 1.807) is 28.0 Å². The van der Waals surface area contributed by atoms with Gasteiger partial charge in [-0.05, 0) is 114 Å². The number of aromatic hydroxyl groups is 3. The largest absolute Gasteiger partial charge is 0.507 e. The Labute approximate surface area is 500 Å². The molecule has 3 heterocycles. The fourth-order valence-corrected chi connectivity index (χ4v) is 14.4. The number of phenols is 3. The summed E-state index contributed by atoms with van der Waals surface area (Å²) in [5.74, 6) is -1.33. The van der Waals surface area contributed by atoms with Gasteiger partial charge in [-0.2, -0.15) is 0 Å². The lowest BCUT2D eigenvalue weighted by molar-refractivity contribution is -0.148. The van der Waals surface area contributed by atoms with Crippen LogP contribution >= 0.6 is 58.0 Å². The van der Waals surface area contributed by atoms with Crippen molar-refractivity contribution in [2.45, 2.75) is 94.8 Å². The van der Waals surface area contributed by atoms with E-state index < -0.39 is 23.8 Å². The van der Waals surface area contributed by atoms with Gasteiger partial charge in [-0.25, -0.2) is 0 Å². The molecule has 6 aromatic rings. The van der Waals surface area contributed by atoms with E-state index >= 15 is 0 Å². The number of nitrogens with one attached hydrogen (secondary N) is 1. The van der Waals surface area contributed by atoms with E-state index in [9.17, 15) is 44.1 Å². The Morgan fingerprint density at radius 3 is 1.16 bits per heavy atom. The lowest BCUT2D eigenvalue weighted by Crippen LogP contribution is -2.42. The van der Waals surface area contributed by atoms with Crippen LogP contribution in [-0.4, -0.2) is 97.0 Å². The number of aliphatic carboxylic acids is 2. The number of carboxylic acid groups (broad SMARTS) is 2. The van der Waals surface area contributed by atoms with Gasteiger partial charge in [-0.1, -0.05) is 92.1 Å². The van der Waals surface area contributed by atoms with E-state index in [-0.39, 0.29) is 69.3 Å². The minimum Gasteiger partial charge on any atom is -0.507 e. The molecule has 6 N–H and O–H groups in total. The standard InChI is InChI=1S/C34H32Cl2N2O4.C13H12ClNO.C8H10Cl2O2.C8H12O4/c35-15-21-17-37(27-13-29(39)23-8-1-3-10-25(23)31(21)27)33(41)19-6-5-7-20(12-19)34(42)38-18-22(16-36)32-26-11-4-2-9-24(26)30(40)14-28(32)38;14-6-8-7-15-11-5-12(16)9-3-1-2-4-10(9)13(8)11;9-7(11)5-2-1-3-6(4-5)8(10)12;9-7(10)5-2-1-3-6(4-5)8(11)12/h1-4,8-11,13-14,19-22,39-40H,5-7,12,15-18H2;1-5,8,15-16H,6-7H2;5-6H,1-4H2;5-6H,1-4H2,(H,9,10)(H,11,12)/t19-,20+,21-,22-;8-;2*5-,6+/m11../s1. The summed E-state index contributed by atoms with van der Waals surface area (Å²) in [5.41, 5.74) is 5.70. The highest BCUT2D eigenvalue weighted by Crippen LogP contribution is 2.49. The number of hydrogen-bond acceptors (Lipinski definition) is 10. The fraction of sp³-hybridized carbons (Fsp3) is 0.429. The third-order valence-corrected chi connectivity index (χ3v) is 19.2. The molecule has 0 aromatic heterocycles. The van der Waals surface area contributed by atoms with Crippen molar-refractivity contribution < 1.29 is 54.3 Å². The molecular formula is C63H66Cl5N3O11. The first kappa shape index (κ1) is 60.6. The van der Waals surface area contributed by atoms with Gasteiger partial charge in [0.15, 0.2) is 0 Å². The second-order valence-corrected chi connectivity index (χ2v) is 24.1. The van der Waals surface area contributed by atoms with Crippen molar-refractivity contribution >= 4 is 142 Å². The molecule has 82 heavy (non-hydrogen) atoms. The van der Waals surface area contributed by atoms with Gasteiger partial charge in [0.25, 0.3) is 0 Å².